The van der Waals surface area contributed by atoms with Gasteiger partial charge < -0.3 is 10.6 Å². The molecule has 3 aromatic heterocycles. The minimum atomic E-state index is -0.188. The highest BCUT2D eigenvalue weighted by molar-refractivity contribution is 7.00. The molecule has 0 bridgehead atoms. The van der Waals surface area contributed by atoms with Gasteiger partial charge in [0.2, 0.25) is 5.95 Å². The highest BCUT2D eigenvalue weighted by atomic mass is 32.1. The third-order valence-corrected chi connectivity index (χ3v) is 6.09. The molecule has 1 aliphatic heterocycles. The average molecular weight is 435 g/mol. The molecule has 9 nitrogen and oxygen atoms in total. The van der Waals surface area contributed by atoms with Gasteiger partial charge in [-0.3, -0.25) is 9.36 Å². The van der Waals surface area contributed by atoms with Gasteiger partial charge in [0, 0.05) is 19.1 Å². The molecule has 1 aromatic carbocycles. The molecule has 2 N–H and O–H groups in total. The van der Waals surface area contributed by atoms with Gasteiger partial charge in [0.1, 0.15) is 22.1 Å². The Morgan fingerprint density at radius 3 is 2.97 bits per heavy atom. The fraction of sp³-hybridized carbons (Fsp3) is 0.381. The predicted octanol–water partition coefficient (Wildman–Crippen LogP) is 1.60. The highest BCUT2D eigenvalue weighted by Gasteiger charge is 2.24. The van der Waals surface area contributed by atoms with Crippen molar-refractivity contribution in [1.82, 2.24) is 28.1 Å². The third kappa shape index (κ3) is 3.66. The maximum Gasteiger partial charge on any atom is 0.293 e. The van der Waals surface area contributed by atoms with Crippen LogP contribution in [0.1, 0.15) is 25.3 Å². The Labute approximate surface area is 182 Å². The topological polar surface area (TPSA) is 108 Å². The number of benzene rings is 1. The van der Waals surface area contributed by atoms with Crippen LogP contribution < -0.4 is 16.2 Å². The van der Waals surface area contributed by atoms with Crippen LogP contribution >= 0.6 is 11.7 Å². The maximum atomic E-state index is 13.4. The molecule has 5 rings (SSSR count). The van der Waals surface area contributed by atoms with Gasteiger partial charge in [-0.15, -0.1) is 5.92 Å². The van der Waals surface area contributed by atoms with E-state index in [4.69, 9.17) is 10.7 Å². The molecule has 1 aliphatic rings. The molecule has 0 amide bonds. The monoisotopic (exact) mass is 434 g/mol. The van der Waals surface area contributed by atoms with E-state index in [1.807, 2.05) is 22.8 Å². The summed E-state index contributed by atoms with van der Waals surface area (Å²) in [5, 5.41) is 4.38. The largest absolute Gasteiger partial charge is 0.341 e. The number of fused-ring (bicyclic) bond motifs is 2. The van der Waals surface area contributed by atoms with Crippen LogP contribution in [0.15, 0.2) is 29.2 Å². The number of nitrogens with two attached hydrogens (primary N) is 1. The van der Waals surface area contributed by atoms with Crippen molar-refractivity contribution in [1.29, 1.82) is 0 Å². The van der Waals surface area contributed by atoms with Crippen LogP contribution in [0.3, 0.4) is 0 Å². The molecular formula is C21H22N8OS. The number of aromatic nitrogens is 6. The van der Waals surface area contributed by atoms with Gasteiger partial charge >= 0.3 is 0 Å². The van der Waals surface area contributed by atoms with E-state index in [-0.39, 0.29) is 11.6 Å². The second-order valence-corrected chi connectivity index (χ2v) is 8.23. The first-order valence-corrected chi connectivity index (χ1v) is 10.9. The molecule has 1 atom stereocenters. The summed E-state index contributed by atoms with van der Waals surface area (Å²) in [5.74, 6) is 6.73. The Morgan fingerprint density at radius 1 is 1.26 bits per heavy atom. The molecule has 31 heavy (non-hydrogen) atoms. The molecule has 0 saturated carbocycles. The zero-order chi connectivity index (χ0) is 21.4. The van der Waals surface area contributed by atoms with E-state index in [1.54, 1.807) is 13.1 Å². The first kappa shape index (κ1) is 19.7. The van der Waals surface area contributed by atoms with Crippen molar-refractivity contribution in [3.05, 3.63) is 40.3 Å². The first-order valence-electron chi connectivity index (χ1n) is 10.2. The third-order valence-electron chi connectivity index (χ3n) is 5.54. The summed E-state index contributed by atoms with van der Waals surface area (Å²) in [7, 11) is 0. The standard InChI is InChI=1S/C21H22N8OS/c1-2-3-9-28-19-18(24-21(28)27-8-4-5-15(22)13-27)11-23-29(20(19)30)12-14-6-7-16-17(10-14)26-31-25-16/h6-7,10-11,15H,4-5,8-9,12-13,22H2,1H3/t15-/m1/s1. The molecule has 4 heterocycles. The molecule has 0 radical (unpaired) electrons. The van der Waals surface area contributed by atoms with Crippen LogP contribution in [0.2, 0.25) is 0 Å². The lowest BCUT2D eigenvalue weighted by Gasteiger charge is -2.31. The molecular weight excluding hydrogens is 412 g/mol. The zero-order valence-corrected chi connectivity index (χ0v) is 18.0. The van der Waals surface area contributed by atoms with Gasteiger partial charge in [0.25, 0.3) is 5.56 Å². The Kier molecular flexibility index (Phi) is 5.13. The SMILES string of the molecule is CC#CCn1c(N2CCC[C@@H](N)C2)nc2cnn(Cc3ccc4nsnc4c3)c(=O)c21. The highest BCUT2D eigenvalue weighted by Crippen LogP contribution is 2.23. The molecule has 1 saturated heterocycles. The van der Waals surface area contributed by atoms with Crippen LogP contribution in [0.4, 0.5) is 5.95 Å². The van der Waals surface area contributed by atoms with Crippen molar-refractivity contribution >= 4 is 39.7 Å². The van der Waals surface area contributed by atoms with Crippen molar-refractivity contribution in [2.75, 3.05) is 18.0 Å². The van der Waals surface area contributed by atoms with Gasteiger partial charge in [-0.2, -0.15) is 13.8 Å². The normalized spacial score (nSPS) is 16.6. The second-order valence-electron chi connectivity index (χ2n) is 7.70. The summed E-state index contributed by atoms with van der Waals surface area (Å²) >= 11 is 1.18. The summed E-state index contributed by atoms with van der Waals surface area (Å²) in [6, 6.07) is 5.90. The molecule has 0 aliphatic carbocycles. The van der Waals surface area contributed by atoms with Gasteiger partial charge in [0.05, 0.1) is 31.0 Å². The Hall–Kier alpha value is -3.29. The maximum absolute atomic E-state index is 13.4. The van der Waals surface area contributed by atoms with Crippen molar-refractivity contribution in [3.8, 4) is 11.8 Å². The van der Waals surface area contributed by atoms with Gasteiger partial charge in [0.15, 0.2) is 0 Å². The van der Waals surface area contributed by atoms with Crippen molar-refractivity contribution in [2.24, 2.45) is 5.73 Å². The summed E-state index contributed by atoms with van der Waals surface area (Å²) in [6.45, 7) is 4.10. The number of hydrogen-bond acceptors (Lipinski definition) is 8. The van der Waals surface area contributed by atoms with Crippen molar-refractivity contribution < 1.29 is 0 Å². The van der Waals surface area contributed by atoms with Crippen LogP contribution in [-0.4, -0.2) is 47.2 Å². The van der Waals surface area contributed by atoms with Crippen LogP contribution in [0.25, 0.3) is 22.1 Å². The summed E-state index contributed by atoms with van der Waals surface area (Å²) < 4.78 is 11.9. The fourth-order valence-electron chi connectivity index (χ4n) is 4.03. The van der Waals surface area contributed by atoms with Crippen LogP contribution in [-0.2, 0) is 13.1 Å². The lowest BCUT2D eigenvalue weighted by Crippen LogP contribution is -2.44. The van der Waals surface area contributed by atoms with Crippen molar-refractivity contribution in [2.45, 2.75) is 38.9 Å². The number of nitrogens with zero attached hydrogens (tertiary/aromatic N) is 7. The number of hydrogen-bond donors (Lipinski definition) is 1. The Morgan fingerprint density at radius 2 is 2.13 bits per heavy atom. The summed E-state index contributed by atoms with van der Waals surface area (Å²) in [5.41, 5.74) is 9.71. The van der Waals surface area contributed by atoms with E-state index in [9.17, 15) is 4.79 Å². The smallest absolute Gasteiger partial charge is 0.293 e. The average Bonchev–Trinajstić information content (AvgIpc) is 3.38. The Balaban J connectivity index is 1.58. The second kappa shape index (κ2) is 8.09. The Bertz CT molecular complexity index is 1380. The van der Waals surface area contributed by atoms with E-state index in [1.165, 1.54) is 16.4 Å². The van der Waals surface area contributed by atoms with Gasteiger partial charge in [-0.25, -0.2) is 9.67 Å². The zero-order valence-electron chi connectivity index (χ0n) is 17.2. The van der Waals surface area contributed by atoms with E-state index in [0.717, 1.165) is 41.9 Å². The lowest BCUT2D eigenvalue weighted by atomic mass is 10.1. The van der Waals surface area contributed by atoms with E-state index in [0.29, 0.717) is 30.7 Å². The number of imidazole rings is 1. The number of piperidine rings is 1. The first-order chi connectivity index (χ1) is 15.1. The molecule has 1 fully saturated rings. The molecule has 158 valence electrons. The number of rotatable bonds is 4. The van der Waals surface area contributed by atoms with E-state index < -0.39 is 0 Å². The van der Waals surface area contributed by atoms with Crippen molar-refractivity contribution in [3.63, 3.8) is 0 Å². The lowest BCUT2D eigenvalue weighted by molar-refractivity contribution is 0.496. The van der Waals surface area contributed by atoms with Crippen LogP contribution in [0.5, 0.6) is 0 Å². The van der Waals surface area contributed by atoms with Crippen LogP contribution in [0, 0.1) is 11.8 Å². The fourth-order valence-corrected chi connectivity index (χ4v) is 4.54. The summed E-state index contributed by atoms with van der Waals surface area (Å²) in [4.78, 5) is 20.3. The number of anilines is 1. The molecule has 0 unspecified atom stereocenters. The molecule has 0 spiro atoms. The molecule has 10 heteroatoms. The predicted molar refractivity (Wildman–Crippen MR) is 121 cm³/mol. The van der Waals surface area contributed by atoms with E-state index >= 15 is 0 Å². The summed E-state index contributed by atoms with van der Waals surface area (Å²) in [6.07, 6.45) is 3.65. The van der Waals surface area contributed by atoms with Gasteiger partial charge in [-0.05, 0) is 37.5 Å². The molecule has 4 aromatic rings. The van der Waals surface area contributed by atoms with E-state index in [2.05, 4.69) is 30.6 Å². The quantitative estimate of drug-likeness (QED) is 0.486. The minimum absolute atomic E-state index is 0.101. The van der Waals surface area contributed by atoms with Gasteiger partial charge in [-0.1, -0.05) is 12.0 Å². The minimum Gasteiger partial charge on any atom is -0.341 e.